The summed E-state index contributed by atoms with van der Waals surface area (Å²) >= 11 is 0. The summed E-state index contributed by atoms with van der Waals surface area (Å²) in [7, 11) is 1.83. The number of para-hydroxylation sites is 1. The third kappa shape index (κ3) is 4.44. The summed E-state index contributed by atoms with van der Waals surface area (Å²) in [6.45, 7) is 7.54. The Bertz CT molecular complexity index is 441. The molecule has 21 heavy (non-hydrogen) atoms. The highest BCUT2D eigenvalue weighted by Crippen LogP contribution is 2.15. The Hall–Kier alpha value is -1.59. The van der Waals surface area contributed by atoms with E-state index in [-0.39, 0.29) is 5.91 Å². The third-order valence-corrected chi connectivity index (χ3v) is 4.01. The second-order valence-electron chi connectivity index (χ2n) is 5.71. The monoisotopic (exact) mass is 290 g/mol. The van der Waals surface area contributed by atoms with E-state index in [9.17, 15) is 4.79 Å². The zero-order chi connectivity index (χ0) is 15.2. The van der Waals surface area contributed by atoms with Gasteiger partial charge in [-0.1, -0.05) is 18.2 Å². The van der Waals surface area contributed by atoms with Crippen LogP contribution in [0, 0.1) is 0 Å². The molecule has 2 N–H and O–H groups in total. The molecule has 5 heteroatoms. The van der Waals surface area contributed by atoms with Crippen molar-refractivity contribution in [1.29, 1.82) is 0 Å². The summed E-state index contributed by atoms with van der Waals surface area (Å²) in [5.74, 6) is 0.0120. The smallest absolute Gasteiger partial charge is 0.238 e. The van der Waals surface area contributed by atoms with Crippen LogP contribution < -0.4 is 10.6 Å². The predicted octanol–water partition coefficient (Wildman–Crippen LogP) is 0.614. The van der Waals surface area contributed by atoms with Gasteiger partial charge in [0.2, 0.25) is 5.91 Å². The van der Waals surface area contributed by atoms with Crippen molar-refractivity contribution in [2.75, 3.05) is 51.2 Å². The summed E-state index contributed by atoms with van der Waals surface area (Å²) in [6.07, 6.45) is 0. The van der Waals surface area contributed by atoms with Crippen molar-refractivity contribution >= 4 is 11.6 Å². The number of anilines is 1. The molecule has 1 fully saturated rings. The number of hydrogen-bond donors (Lipinski definition) is 1. The van der Waals surface area contributed by atoms with Gasteiger partial charge in [0.1, 0.15) is 0 Å². The normalized spacial score (nSPS) is 17.6. The quantitative estimate of drug-likeness (QED) is 0.863. The summed E-state index contributed by atoms with van der Waals surface area (Å²) in [6, 6.07) is 10.1. The molecule has 116 valence electrons. The van der Waals surface area contributed by atoms with Crippen LogP contribution in [0.25, 0.3) is 0 Å². The number of amides is 1. The van der Waals surface area contributed by atoms with Crippen LogP contribution in [0.4, 0.5) is 5.69 Å². The number of piperazine rings is 1. The number of nitrogens with two attached hydrogens (primary N) is 1. The molecule has 5 nitrogen and oxygen atoms in total. The summed E-state index contributed by atoms with van der Waals surface area (Å²) in [5, 5.41) is 0. The average molecular weight is 290 g/mol. The molecule has 0 radical (unpaired) electrons. The highest BCUT2D eigenvalue weighted by Gasteiger charge is 2.18. The maximum atomic E-state index is 11.7. The lowest BCUT2D eigenvalue weighted by atomic mass is 10.2. The Labute approximate surface area is 127 Å². The van der Waals surface area contributed by atoms with Gasteiger partial charge in [-0.15, -0.1) is 0 Å². The molecule has 0 saturated carbocycles. The van der Waals surface area contributed by atoms with Crippen molar-refractivity contribution in [2.24, 2.45) is 5.73 Å². The summed E-state index contributed by atoms with van der Waals surface area (Å²) in [5.41, 5.74) is 6.91. The van der Waals surface area contributed by atoms with E-state index < -0.39 is 6.04 Å². The molecular weight excluding hydrogens is 264 g/mol. The van der Waals surface area contributed by atoms with Crippen molar-refractivity contribution in [3.63, 3.8) is 0 Å². The van der Waals surface area contributed by atoms with Crippen molar-refractivity contribution in [1.82, 2.24) is 9.80 Å². The standard InChI is InChI=1S/C16H26N4O/c1-14(17)16(21)18(2)8-9-19-10-12-20(13-11-19)15-6-4-3-5-7-15/h3-7,14H,8-13,17H2,1-2H3/t14-/m1/s1. The van der Waals surface area contributed by atoms with E-state index in [0.29, 0.717) is 0 Å². The van der Waals surface area contributed by atoms with Crippen molar-refractivity contribution in [3.8, 4) is 0 Å². The fourth-order valence-corrected chi connectivity index (χ4v) is 2.62. The lowest BCUT2D eigenvalue weighted by Crippen LogP contribution is -2.49. The Morgan fingerprint density at radius 1 is 1.24 bits per heavy atom. The Morgan fingerprint density at radius 2 is 1.86 bits per heavy atom. The molecule has 1 aliphatic heterocycles. The molecule has 1 aliphatic rings. The molecule has 1 aromatic rings. The number of hydrogen-bond acceptors (Lipinski definition) is 4. The van der Waals surface area contributed by atoms with Crippen LogP contribution in [0.2, 0.25) is 0 Å². The van der Waals surface area contributed by atoms with Gasteiger partial charge in [0, 0.05) is 52.0 Å². The molecule has 1 heterocycles. The maximum absolute atomic E-state index is 11.7. The van der Waals surface area contributed by atoms with Crippen LogP contribution in [0.15, 0.2) is 30.3 Å². The summed E-state index contributed by atoms with van der Waals surface area (Å²) in [4.78, 5) is 18.3. The number of likely N-dealkylation sites (N-methyl/N-ethyl adjacent to an activating group) is 1. The third-order valence-electron chi connectivity index (χ3n) is 4.01. The van der Waals surface area contributed by atoms with Gasteiger partial charge in [0.15, 0.2) is 0 Å². The molecule has 1 aromatic carbocycles. The number of rotatable bonds is 5. The van der Waals surface area contributed by atoms with Crippen molar-refractivity contribution < 1.29 is 4.79 Å². The van der Waals surface area contributed by atoms with Crippen LogP contribution in [0.5, 0.6) is 0 Å². The van der Waals surface area contributed by atoms with Crippen LogP contribution in [-0.4, -0.2) is 68.1 Å². The van der Waals surface area contributed by atoms with E-state index in [1.807, 2.05) is 13.1 Å². The zero-order valence-electron chi connectivity index (χ0n) is 13.0. The number of carbonyl (C=O) groups excluding carboxylic acids is 1. The first-order valence-corrected chi connectivity index (χ1v) is 7.61. The highest BCUT2D eigenvalue weighted by molar-refractivity contribution is 5.80. The van der Waals surface area contributed by atoms with Gasteiger partial charge < -0.3 is 15.5 Å². The molecular formula is C16H26N4O. The first-order chi connectivity index (χ1) is 10.1. The SMILES string of the molecule is C[C@@H](N)C(=O)N(C)CCN1CCN(c2ccccc2)CC1. The van der Waals surface area contributed by atoms with Gasteiger partial charge in [-0.25, -0.2) is 0 Å². The Balaban J connectivity index is 1.73. The number of nitrogens with zero attached hydrogens (tertiary/aromatic N) is 3. The molecule has 0 spiro atoms. The predicted molar refractivity (Wildman–Crippen MR) is 86.4 cm³/mol. The highest BCUT2D eigenvalue weighted by atomic mass is 16.2. The lowest BCUT2D eigenvalue weighted by Gasteiger charge is -2.36. The van der Waals surface area contributed by atoms with Gasteiger partial charge in [-0.3, -0.25) is 9.69 Å². The molecule has 0 bridgehead atoms. The van der Waals surface area contributed by atoms with Crippen molar-refractivity contribution in [3.05, 3.63) is 30.3 Å². The fraction of sp³-hybridized carbons (Fsp3) is 0.562. The van der Waals surface area contributed by atoms with E-state index in [1.165, 1.54) is 5.69 Å². The van der Waals surface area contributed by atoms with E-state index in [4.69, 9.17) is 5.73 Å². The van der Waals surface area contributed by atoms with Gasteiger partial charge in [-0.05, 0) is 19.1 Å². The van der Waals surface area contributed by atoms with Gasteiger partial charge in [0.05, 0.1) is 6.04 Å². The van der Waals surface area contributed by atoms with Gasteiger partial charge >= 0.3 is 0 Å². The Kier molecular flexibility index (Phi) is 5.59. The van der Waals surface area contributed by atoms with Crippen LogP contribution >= 0.6 is 0 Å². The first-order valence-electron chi connectivity index (χ1n) is 7.61. The second-order valence-corrected chi connectivity index (χ2v) is 5.71. The minimum absolute atomic E-state index is 0.0120. The first kappa shape index (κ1) is 15.8. The molecule has 1 amide bonds. The molecule has 1 saturated heterocycles. The number of benzene rings is 1. The molecule has 0 unspecified atom stereocenters. The number of carbonyl (C=O) groups is 1. The molecule has 2 rings (SSSR count). The minimum atomic E-state index is -0.412. The van der Waals surface area contributed by atoms with Crippen molar-refractivity contribution in [2.45, 2.75) is 13.0 Å². The molecule has 1 atom stereocenters. The molecule has 0 aromatic heterocycles. The van der Waals surface area contributed by atoms with Crippen LogP contribution in [0.1, 0.15) is 6.92 Å². The zero-order valence-corrected chi connectivity index (χ0v) is 13.0. The van der Waals surface area contributed by atoms with Gasteiger partial charge in [-0.2, -0.15) is 0 Å². The lowest BCUT2D eigenvalue weighted by molar-refractivity contribution is -0.131. The van der Waals surface area contributed by atoms with Crippen LogP contribution in [0.3, 0.4) is 0 Å². The topological polar surface area (TPSA) is 52.8 Å². The molecule has 0 aliphatic carbocycles. The maximum Gasteiger partial charge on any atom is 0.238 e. The van der Waals surface area contributed by atoms with E-state index >= 15 is 0 Å². The van der Waals surface area contributed by atoms with E-state index in [0.717, 1.165) is 39.3 Å². The van der Waals surface area contributed by atoms with Gasteiger partial charge in [0.25, 0.3) is 0 Å². The average Bonchev–Trinajstić information content (AvgIpc) is 2.53. The fourth-order valence-electron chi connectivity index (χ4n) is 2.62. The van der Waals surface area contributed by atoms with E-state index in [2.05, 4.69) is 34.1 Å². The van der Waals surface area contributed by atoms with Crippen LogP contribution in [-0.2, 0) is 4.79 Å². The Morgan fingerprint density at radius 3 is 2.43 bits per heavy atom. The second kappa shape index (κ2) is 7.43. The minimum Gasteiger partial charge on any atom is -0.369 e. The summed E-state index contributed by atoms with van der Waals surface area (Å²) < 4.78 is 0. The van der Waals surface area contributed by atoms with E-state index in [1.54, 1.807) is 11.8 Å². The largest absolute Gasteiger partial charge is 0.369 e.